The topological polar surface area (TPSA) is 34.6 Å². The van der Waals surface area contributed by atoms with Crippen LogP contribution in [0.3, 0.4) is 0 Å². The van der Waals surface area contributed by atoms with Gasteiger partial charge in [-0.15, -0.1) is 0 Å². The van der Waals surface area contributed by atoms with Crippen molar-refractivity contribution in [2.75, 3.05) is 26.8 Å². The Labute approximate surface area is 154 Å². The molecule has 0 atom stereocenters. The van der Waals surface area contributed by atoms with Gasteiger partial charge in [-0.1, -0.05) is 23.3 Å². The van der Waals surface area contributed by atoms with E-state index in [0.717, 1.165) is 48.0 Å². The Balaban J connectivity index is 1.98. The summed E-state index contributed by atoms with van der Waals surface area (Å²) in [4.78, 5) is 6.81. The van der Waals surface area contributed by atoms with Gasteiger partial charge in [0.15, 0.2) is 11.5 Å². The van der Waals surface area contributed by atoms with Gasteiger partial charge in [-0.25, -0.2) is 0 Å². The van der Waals surface area contributed by atoms with Gasteiger partial charge in [0.05, 0.1) is 17.8 Å². The van der Waals surface area contributed by atoms with Crippen molar-refractivity contribution in [2.24, 2.45) is 0 Å². The van der Waals surface area contributed by atoms with Gasteiger partial charge in [-0.05, 0) is 38.1 Å². The molecule has 0 saturated heterocycles. The monoisotopic (exact) mass is 358 g/mol. The number of pyridine rings is 1. The zero-order valence-corrected chi connectivity index (χ0v) is 15.6. The largest absolute Gasteiger partial charge is 0.493 e. The second-order valence-corrected chi connectivity index (χ2v) is 6.66. The molecule has 132 valence electrons. The normalized spacial score (nSPS) is 15.3. The minimum Gasteiger partial charge on any atom is -0.493 e. The zero-order chi connectivity index (χ0) is 17.8. The number of hydrogen-bond acceptors (Lipinski definition) is 4. The summed E-state index contributed by atoms with van der Waals surface area (Å²) in [6.45, 7) is 7.52. The molecule has 0 bridgehead atoms. The van der Waals surface area contributed by atoms with Gasteiger partial charge in [0.25, 0.3) is 0 Å². The molecule has 1 aromatic heterocycles. The average molecular weight is 359 g/mol. The summed E-state index contributed by atoms with van der Waals surface area (Å²) in [5, 5.41) is 0.627. The fraction of sp³-hybridized carbons (Fsp3) is 0.350. The molecule has 0 radical (unpaired) electrons. The van der Waals surface area contributed by atoms with Gasteiger partial charge >= 0.3 is 0 Å². The maximum atomic E-state index is 6.00. The Morgan fingerprint density at radius 3 is 2.92 bits per heavy atom. The molecular formula is C20H23ClN2O2. The Bertz CT molecular complexity index is 772. The first-order valence-corrected chi connectivity index (χ1v) is 8.78. The molecule has 0 N–H and O–H groups in total. The van der Waals surface area contributed by atoms with Crippen LogP contribution in [-0.2, 0) is 6.54 Å². The number of aromatic nitrogens is 1. The minimum absolute atomic E-state index is 0.627. The standard InChI is InChI=1S/C20H23ClN2O2/c1-4-14(2)12-23-7-8-25-20-16(13-23)9-15(10-19(20)24-3)18-6-5-17(21)11-22-18/h4-6,9-11H,7-8,12-13H2,1-3H3/b14-4+. The van der Waals surface area contributed by atoms with E-state index in [9.17, 15) is 0 Å². The van der Waals surface area contributed by atoms with Crippen LogP contribution in [0.15, 0.2) is 42.1 Å². The van der Waals surface area contributed by atoms with Crippen molar-refractivity contribution in [3.63, 3.8) is 0 Å². The van der Waals surface area contributed by atoms with E-state index in [-0.39, 0.29) is 0 Å². The van der Waals surface area contributed by atoms with Crippen LogP contribution in [-0.4, -0.2) is 36.7 Å². The molecule has 0 aliphatic carbocycles. The molecule has 0 saturated carbocycles. The maximum absolute atomic E-state index is 6.00. The van der Waals surface area contributed by atoms with Crippen LogP contribution < -0.4 is 9.47 Å². The van der Waals surface area contributed by atoms with Crippen molar-refractivity contribution in [3.05, 3.63) is 52.7 Å². The summed E-state index contributed by atoms with van der Waals surface area (Å²) in [6, 6.07) is 7.88. The predicted octanol–water partition coefficient (Wildman–Crippen LogP) is 4.57. The number of halogens is 1. The Morgan fingerprint density at radius 1 is 1.40 bits per heavy atom. The lowest BCUT2D eigenvalue weighted by atomic mass is 10.0. The molecule has 2 aromatic rings. The van der Waals surface area contributed by atoms with Crippen molar-refractivity contribution in [2.45, 2.75) is 20.4 Å². The number of allylic oxidation sites excluding steroid dienone is 1. The summed E-state index contributed by atoms with van der Waals surface area (Å²) in [5.74, 6) is 1.58. The summed E-state index contributed by atoms with van der Waals surface area (Å²) >= 11 is 5.96. The number of fused-ring (bicyclic) bond motifs is 1. The van der Waals surface area contributed by atoms with Crippen LogP contribution in [0.25, 0.3) is 11.3 Å². The van der Waals surface area contributed by atoms with Gasteiger partial charge < -0.3 is 9.47 Å². The van der Waals surface area contributed by atoms with Crippen molar-refractivity contribution in [1.29, 1.82) is 0 Å². The van der Waals surface area contributed by atoms with E-state index in [2.05, 4.69) is 35.9 Å². The van der Waals surface area contributed by atoms with E-state index in [1.165, 1.54) is 5.57 Å². The van der Waals surface area contributed by atoms with Crippen LogP contribution in [0, 0.1) is 0 Å². The van der Waals surface area contributed by atoms with E-state index in [4.69, 9.17) is 21.1 Å². The molecule has 0 unspecified atom stereocenters. The van der Waals surface area contributed by atoms with E-state index >= 15 is 0 Å². The summed E-state index contributed by atoms with van der Waals surface area (Å²) in [6.07, 6.45) is 3.81. The van der Waals surface area contributed by atoms with E-state index < -0.39 is 0 Å². The first kappa shape index (κ1) is 17.8. The van der Waals surface area contributed by atoms with E-state index in [1.807, 2.05) is 18.2 Å². The fourth-order valence-electron chi connectivity index (χ4n) is 2.96. The van der Waals surface area contributed by atoms with Gasteiger partial charge in [0, 0.05) is 37.0 Å². The Kier molecular flexibility index (Phi) is 5.61. The molecule has 0 amide bonds. The van der Waals surface area contributed by atoms with Crippen LogP contribution in [0.2, 0.25) is 5.02 Å². The number of hydrogen-bond donors (Lipinski definition) is 0. The third-order valence-corrected chi connectivity index (χ3v) is 4.61. The highest BCUT2D eigenvalue weighted by molar-refractivity contribution is 6.30. The summed E-state index contributed by atoms with van der Waals surface area (Å²) in [5.41, 5.74) is 4.34. The zero-order valence-electron chi connectivity index (χ0n) is 14.9. The maximum Gasteiger partial charge on any atom is 0.165 e. The van der Waals surface area contributed by atoms with Crippen molar-refractivity contribution < 1.29 is 9.47 Å². The first-order chi connectivity index (χ1) is 12.1. The first-order valence-electron chi connectivity index (χ1n) is 8.40. The van der Waals surface area contributed by atoms with Gasteiger partial charge in [-0.2, -0.15) is 0 Å². The number of methoxy groups -OCH3 is 1. The number of ether oxygens (including phenoxy) is 2. The number of rotatable bonds is 4. The van der Waals surface area contributed by atoms with E-state index in [0.29, 0.717) is 11.6 Å². The highest BCUT2D eigenvalue weighted by Gasteiger charge is 2.20. The third-order valence-electron chi connectivity index (χ3n) is 4.39. The molecule has 5 heteroatoms. The molecule has 4 nitrogen and oxygen atoms in total. The summed E-state index contributed by atoms with van der Waals surface area (Å²) in [7, 11) is 1.67. The lowest BCUT2D eigenvalue weighted by Crippen LogP contribution is -2.27. The highest BCUT2D eigenvalue weighted by atomic mass is 35.5. The molecule has 0 spiro atoms. The van der Waals surface area contributed by atoms with Gasteiger partial charge in [0.1, 0.15) is 6.61 Å². The van der Waals surface area contributed by atoms with E-state index in [1.54, 1.807) is 13.3 Å². The molecule has 3 rings (SSSR count). The number of benzene rings is 1. The Morgan fingerprint density at radius 2 is 2.24 bits per heavy atom. The smallest absolute Gasteiger partial charge is 0.165 e. The molecular weight excluding hydrogens is 336 g/mol. The third kappa shape index (κ3) is 4.14. The average Bonchev–Trinajstić information content (AvgIpc) is 2.83. The summed E-state index contributed by atoms with van der Waals surface area (Å²) < 4.78 is 11.6. The van der Waals surface area contributed by atoms with Crippen molar-refractivity contribution in [1.82, 2.24) is 9.88 Å². The van der Waals surface area contributed by atoms with Crippen molar-refractivity contribution in [3.8, 4) is 22.8 Å². The quantitative estimate of drug-likeness (QED) is 0.750. The fourth-order valence-corrected chi connectivity index (χ4v) is 3.07. The molecule has 1 aliphatic rings. The van der Waals surface area contributed by atoms with Crippen LogP contribution in [0.5, 0.6) is 11.5 Å². The van der Waals surface area contributed by atoms with Crippen LogP contribution in [0.1, 0.15) is 19.4 Å². The van der Waals surface area contributed by atoms with Gasteiger partial charge in [-0.3, -0.25) is 9.88 Å². The van der Waals surface area contributed by atoms with Crippen molar-refractivity contribution >= 4 is 11.6 Å². The number of nitrogens with zero attached hydrogens (tertiary/aromatic N) is 2. The Hall–Kier alpha value is -2.04. The highest BCUT2D eigenvalue weighted by Crippen LogP contribution is 2.38. The molecule has 0 fully saturated rings. The predicted molar refractivity (Wildman–Crippen MR) is 101 cm³/mol. The minimum atomic E-state index is 0.627. The molecule has 1 aliphatic heterocycles. The molecule has 1 aromatic carbocycles. The second-order valence-electron chi connectivity index (χ2n) is 6.22. The lowest BCUT2D eigenvalue weighted by molar-refractivity contribution is 0.235. The second kappa shape index (κ2) is 7.89. The van der Waals surface area contributed by atoms with Gasteiger partial charge in [0.2, 0.25) is 0 Å². The SMILES string of the molecule is C/C=C(\C)CN1CCOc2c(cc(-c3ccc(Cl)cn3)cc2OC)C1. The lowest BCUT2D eigenvalue weighted by Gasteiger charge is -2.20. The van der Waals surface area contributed by atoms with Crippen LogP contribution >= 0.6 is 11.6 Å². The molecule has 25 heavy (non-hydrogen) atoms. The van der Waals surface area contributed by atoms with Crippen LogP contribution in [0.4, 0.5) is 0 Å². The molecule has 2 heterocycles.